The van der Waals surface area contributed by atoms with E-state index in [0.29, 0.717) is 40.5 Å². The number of benzene rings is 1. The topological polar surface area (TPSA) is 49.4 Å². The Bertz CT molecular complexity index is 604. The highest BCUT2D eigenvalue weighted by Gasteiger charge is 2.40. The van der Waals surface area contributed by atoms with E-state index in [1.807, 2.05) is 0 Å². The monoisotopic (exact) mass is 314 g/mol. The Morgan fingerprint density at radius 2 is 2.15 bits per heavy atom. The molecular formula is C14H19ClN2O2S. The minimum absolute atomic E-state index is 0.304. The first kappa shape index (κ1) is 14.3. The summed E-state index contributed by atoms with van der Waals surface area (Å²) >= 11 is 6.05. The number of sulfonamides is 1. The summed E-state index contributed by atoms with van der Waals surface area (Å²) < 4.78 is 27.2. The molecule has 2 aliphatic rings. The molecule has 2 unspecified atom stereocenters. The fraction of sp³-hybridized carbons (Fsp3) is 0.571. The van der Waals surface area contributed by atoms with E-state index in [1.165, 1.54) is 0 Å². The van der Waals surface area contributed by atoms with Crippen LogP contribution >= 0.6 is 11.6 Å². The second-order valence-electron chi connectivity index (χ2n) is 5.65. The predicted molar refractivity (Wildman–Crippen MR) is 79.5 cm³/mol. The summed E-state index contributed by atoms with van der Waals surface area (Å²) in [7, 11) is -3.44. The van der Waals surface area contributed by atoms with Gasteiger partial charge in [0.2, 0.25) is 10.0 Å². The lowest BCUT2D eigenvalue weighted by Gasteiger charge is -2.24. The van der Waals surface area contributed by atoms with Crippen LogP contribution in [0.5, 0.6) is 0 Å². The van der Waals surface area contributed by atoms with Gasteiger partial charge in [-0.05, 0) is 49.9 Å². The SMILES string of the molecule is Cc1c(Cl)cccc1S(=O)(=O)N1CC2CCCNC2C1. The van der Waals surface area contributed by atoms with Crippen LogP contribution in [0.25, 0.3) is 0 Å². The molecule has 4 nitrogen and oxygen atoms in total. The number of nitrogens with one attached hydrogen (secondary N) is 1. The number of nitrogens with zero attached hydrogens (tertiary/aromatic N) is 1. The highest BCUT2D eigenvalue weighted by Crippen LogP contribution is 2.31. The molecule has 2 saturated heterocycles. The maximum atomic E-state index is 12.8. The van der Waals surface area contributed by atoms with Crippen LogP contribution in [-0.2, 0) is 10.0 Å². The van der Waals surface area contributed by atoms with Crippen LogP contribution in [0.3, 0.4) is 0 Å². The van der Waals surface area contributed by atoms with Crippen molar-refractivity contribution in [2.45, 2.75) is 30.7 Å². The van der Waals surface area contributed by atoms with Crippen molar-refractivity contribution >= 4 is 21.6 Å². The van der Waals surface area contributed by atoms with E-state index >= 15 is 0 Å². The molecule has 0 radical (unpaired) electrons. The molecule has 0 amide bonds. The predicted octanol–water partition coefficient (Wildman–Crippen LogP) is 2.02. The van der Waals surface area contributed by atoms with Crippen LogP contribution in [0.2, 0.25) is 5.02 Å². The van der Waals surface area contributed by atoms with Gasteiger partial charge in [0.15, 0.2) is 0 Å². The van der Waals surface area contributed by atoms with Gasteiger partial charge in [0.05, 0.1) is 4.90 Å². The van der Waals surface area contributed by atoms with Crippen molar-refractivity contribution in [3.63, 3.8) is 0 Å². The van der Waals surface area contributed by atoms with Crippen LogP contribution in [0, 0.1) is 12.8 Å². The van der Waals surface area contributed by atoms with E-state index in [1.54, 1.807) is 29.4 Å². The smallest absolute Gasteiger partial charge is 0.243 e. The molecule has 2 atom stereocenters. The average molecular weight is 315 g/mol. The number of fused-ring (bicyclic) bond motifs is 1. The van der Waals surface area contributed by atoms with E-state index in [-0.39, 0.29) is 0 Å². The Morgan fingerprint density at radius 1 is 1.35 bits per heavy atom. The van der Waals surface area contributed by atoms with Gasteiger partial charge in [-0.15, -0.1) is 0 Å². The molecule has 3 rings (SSSR count). The Labute approximate surface area is 125 Å². The lowest BCUT2D eigenvalue weighted by molar-refractivity contribution is 0.339. The van der Waals surface area contributed by atoms with Gasteiger partial charge in [0.25, 0.3) is 0 Å². The molecule has 2 aliphatic heterocycles. The van der Waals surface area contributed by atoms with E-state index in [9.17, 15) is 8.42 Å². The number of hydrogen-bond donors (Lipinski definition) is 1. The Morgan fingerprint density at radius 3 is 2.90 bits per heavy atom. The quantitative estimate of drug-likeness (QED) is 0.908. The maximum absolute atomic E-state index is 12.8. The van der Waals surface area contributed by atoms with Crippen LogP contribution in [0.4, 0.5) is 0 Å². The minimum Gasteiger partial charge on any atom is -0.312 e. The number of rotatable bonds is 2. The number of hydrogen-bond acceptors (Lipinski definition) is 3. The van der Waals surface area contributed by atoms with Crippen molar-refractivity contribution in [1.29, 1.82) is 0 Å². The molecule has 2 fully saturated rings. The molecule has 1 aromatic rings. The summed E-state index contributed by atoms with van der Waals surface area (Å²) in [5, 5.41) is 3.93. The van der Waals surface area contributed by atoms with E-state index in [0.717, 1.165) is 19.4 Å². The first-order chi connectivity index (χ1) is 9.50. The van der Waals surface area contributed by atoms with Gasteiger partial charge >= 0.3 is 0 Å². The molecule has 0 bridgehead atoms. The summed E-state index contributed by atoms with van der Waals surface area (Å²) in [4.78, 5) is 0.337. The third kappa shape index (κ3) is 2.37. The second-order valence-corrected chi connectivity index (χ2v) is 7.96. The van der Waals surface area contributed by atoms with Crippen LogP contribution in [-0.4, -0.2) is 38.4 Å². The van der Waals surface area contributed by atoms with Crippen molar-refractivity contribution < 1.29 is 8.42 Å². The first-order valence-electron chi connectivity index (χ1n) is 6.99. The summed E-state index contributed by atoms with van der Waals surface area (Å²) in [5.41, 5.74) is 0.636. The molecule has 2 heterocycles. The van der Waals surface area contributed by atoms with E-state index < -0.39 is 10.0 Å². The summed E-state index contributed by atoms with van der Waals surface area (Å²) in [5.74, 6) is 0.443. The number of halogens is 1. The normalized spacial score (nSPS) is 27.5. The molecular weight excluding hydrogens is 296 g/mol. The highest BCUT2D eigenvalue weighted by atomic mass is 35.5. The van der Waals surface area contributed by atoms with Crippen LogP contribution < -0.4 is 5.32 Å². The third-order valence-corrected chi connectivity index (χ3v) is 6.79. The van der Waals surface area contributed by atoms with Gasteiger partial charge in [-0.1, -0.05) is 17.7 Å². The molecule has 0 aliphatic carbocycles. The zero-order chi connectivity index (χ0) is 14.3. The molecule has 1 N–H and O–H groups in total. The Hall–Kier alpha value is -0.620. The van der Waals surface area contributed by atoms with Gasteiger partial charge in [0, 0.05) is 24.2 Å². The van der Waals surface area contributed by atoms with Gasteiger partial charge in [-0.3, -0.25) is 0 Å². The molecule has 20 heavy (non-hydrogen) atoms. The maximum Gasteiger partial charge on any atom is 0.243 e. The average Bonchev–Trinajstić information content (AvgIpc) is 2.86. The molecule has 0 saturated carbocycles. The van der Waals surface area contributed by atoms with Crippen molar-refractivity contribution in [3.8, 4) is 0 Å². The molecule has 6 heteroatoms. The van der Waals surface area contributed by atoms with Gasteiger partial charge in [-0.25, -0.2) is 8.42 Å². The summed E-state index contributed by atoms with van der Waals surface area (Å²) in [6.07, 6.45) is 2.24. The lowest BCUT2D eigenvalue weighted by atomic mass is 9.94. The zero-order valence-electron chi connectivity index (χ0n) is 11.5. The lowest BCUT2D eigenvalue weighted by Crippen LogP contribution is -2.41. The van der Waals surface area contributed by atoms with Gasteiger partial charge < -0.3 is 5.32 Å². The fourth-order valence-electron chi connectivity index (χ4n) is 3.21. The van der Waals surface area contributed by atoms with Gasteiger partial charge in [0.1, 0.15) is 0 Å². The standard InChI is InChI=1S/C14H19ClN2O2S/c1-10-12(15)5-2-6-14(10)20(18,19)17-8-11-4-3-7-16-13(11)9-17/h2,5-6,11,13,16H,3-4,7-9H2,1H3. The second kappa shape index (κ2) is 5.30. The molecule has 0 spiro atoms. The molecule has 0 aromatic heterocycles. The fourth-order valence-corrected chi connectivity index (χ4v) is 5.21. The number of piperidine rings is 1. The van der Waals surface area contributed by atoms with E-state index in [2.05, 4.69) is 5.32 Å². The largest absolute Gasteiger partial charge is 0.312 e. The Balaban J connectivity index is 1.91. The Kier molecular flexibility index (Phi) is 3.79. The van der Waals surface area contributed by atoms with E-state index in [4.69, 9.17) is 11.6 Å². The van der Waals surface area contributed by atoms with Gasteiger partial charge in [-0.2, -0.15) is 4.31 Å². The van der Waals surface area contributed by atoms with Crippen molar-refractivity contribution in [2.24, 2.45) is 5.92 Å². The van der Waals surface area contributed by atoms with Crippen LogP contribution in [0.1, 0.15) is 18.4 Å². The minimum atomic E-state index is -3.44. The zero-order valence-corrected chi connectivity index (χ0v) is 13.0. The van der Waals surface area contributed by atoms with Crippen molar-refractivity contribution in [2.75, 3.05) is 19.6 Å². The first-order valence-corrected chi connectivity index (χ1v) is 8.80. The third-order valence-electron chi connectivity index (χ3n) is 4.40. The van der Waals surface area contributed by atoms with Crippen molar-refractivity contribution in [3.05, 3.63) is 28.8 Å². The van der Waals surface area contributed by atoms with Crippen molar-refractivity contribution in [1.82, 2.24) is 9.62 Å². The summed E-state index contributed by atoms with van der Waals surface area (Å²) in [6, 6.07) is 5.37. The summed E-state index contributed by atoms with van der Waals surface area (Å²) in [6.45, 7) is 3.94. The molecule has 110 valence electrons. The highest BCUT2D eigenvalue weighted by molar-refractivity contribution is 7.89. The molecule has 1 aromatic carbocycles. The van der Waals surface area contributed by atoms with Crippen LogP contribution in [0.15, 0.2) is 23.1 Å².